The lowest BCUT2D eigenvalue weighted by Gasteiger charge is -2.24. The van der Waals surface area contributed by atoms with Crippen molar-refractivity contribution in [3.05, 3.63) is 40.5 Å². The lowest BCUT2D eigenvalue weighted by atomic mass is 10.0. The van der Waals surface area contributed by atoms with Gasteiger partial charge in [0.05, 0.1) is 19.7 Å². The Bertz CT molecular complexity index is 881. The van der Waals surface area contributed by atoms with Gasteiger partial charge >= 0.3 is 0 Å². The summed E-state index contributed by atoms with van der Waals surface area (Å²) in [5.74, 6) is 1.88. The van der Waals surface area contributed by atoms with E-state index in [2.05, 4.69) is 22.2 Å². The summed E-state index contributed by atoms with van der Waals surface area (Å²) < 4.78 is 7.17. The number of benzene rings is 1. The van der Waals surface area contributed by atoms with Gasteiger partial charge in [-0.05, 0) is 31.2 Å². The van der Waals surface area contributed by atoms with E-state index in [1.807, 2.05) is 26.0 Å². The first-order valence-electron chi connectivity index (χ1n) is 9.35. The molecule has 0 radical (unpaired) electrons. The van der Waals surface area contributed by atoms with Crippen LogP contribution in [-0.4, -0.2) is 39.4 Å². The fourth-order valence-electron chi connectivity index (χ4n) is 3.74. The number of quaternary nitrogens is 1. The SMILES string of the molecule is CCOc1ccc([C@H](c2sc3nc(CC)nn3c2O)[NH+]2CCCC2)cc1. The van der Waals surface area contributed by atoms with E-state index in [4.69, 9.17) is 4.74 Å². The number of rotatable bonds is 6. The van der Waals surface area contributed by atoms with Crippen LogP contribution in [0.2, 0.25) is 0 Å². The van der Waals surface area contributed by atoms with E-state index < -0.39 is 0 Å². The van der Waals surface area contributed by atoms with Gasteiger partial charge in [0.15, 0.2) is 11.9 Å². The number of ether oxygens (including phenoxy) is 1. The Labute approximate surface area is 157 Å². The van der Waals surface area contributed by atoms with Gasteiger partial charge in [-0.1, -0.05) is 18.3 Å². The second kappa shape index (κ2) is 7.25. The van der Waals surface area contributed by atoms with Crippen LogP contribution in [-0.2, 0) is 6.42 Å². The third-order valence-corrected chi connectivity index (χ3v) is 6.09. The molecule has 1 aromatic carbocycles. The first kappa shape index (κ1) is 17.3. The highest BCUT2D eigenvalue weighted by atomic mass is 32.1. The van der Waals surface area contributed by atoms with E-state index in [9.17, 15) is 5.11 Å². The molecule has 138 valence electrons. The highest BCUT2D eigenvalue weighted by molar-refractivity contribution is 7.17. The molecule has 26 heavy (non-hydrogen) atoms. The largest absolute Gasteiger partial charge is 0.494 e. The molecular weight excluding hydrogens is 348 g/mol. The van der Waals surface area contributed by atoms with Crippen LogP contribution in [0.1, 0.15) is 49.0 Å². The van der Waals surface area contributed by atoms with Crippen LogP contribution in [0, 0.1) is 0 Å². The van der Waals surface area contributed by atoms with Crippen molar-refractivity contribution in [3.8, 4) is 11.6 Å². The molecule has 1 aliphatic rings. The van der Waals surface area contributed by atoms with E-state index in [-0.39, 0.29) is 11.9 Å². The number of aryl methyl sites for hydroxylation is 1. The van der Waals surface area contributed by atoms with Gasteiger partial charge in [0, 0.05) is 24.8 Å². The maximum atomic E-state index is 10.9. The molecule has 1 fully saturated rings. The van der Waals surface area contributed by atoms with Crippen molar-refractivity contribution in [1.29, 1.82) is 0 Å². The Morgan fingerprint density at radius 1 is 1.23 bits per heavy atom. The minimum absolute atomic E-state index is 0.103. The standard InChI is InChI=1S/C19H24N4O2S/c1-3-15-20-19-23(21-15)18(24)17(26-19)16(22-11-5-6-12-22)13-7-9-14(10-8-13)25-4-2/h7-10,16,24H,3-6,11-12H2,1-2H3/p+1/t16-/m1/s1. The Hall–Kier alpha value is -2.12. The summed E-state index contributed by atoms with van der Waals surface area (Å²) in [6, 6.07) is 8.38. The van der Waals surface area contributed by atoms with Crippen molar-refractivity contribution in [2.75, 3.05) is 19.7 Å². The number of hydrogen-bond donors (Lipinski definition) is 2. The monoisotopic (exact) mass is 373 g/mol. The minimum Gasteiger partial charge on any atom is -0.494 e. The second-order valence-corrected chi connectivity index (χ2v) is 7.68. The summed E-state index contributed by atoms with van der Waals surface area (Å²) in [5, 5.41) is 15.3. The minimum atomic E-state index is 0.103. The van der Waals surface area contributed by atoms with E-state index in [1.54, 1.807) is 15.9 Å². The van der Waals surface area contributed by atoms with E-state index >= 15 is 0 Å². The van der Waals surface area contributed by atoms with Gasteiger partial charge < -0.3 is 14.7 Å². The zero-order valence-corrected chi connectivity index (χ0v) is 16.1. The Morgan fingerprint density at radius 2 is 1.96 bits per heavy atom. The number of hydrogen-bond acceptors (Lipinski definition) is 5. The summed E-state index contributed by atoms with van der Waals surface area (Å²) in [7, 11) is 0. The quantitative estimate of drug-likeness (QED) is 0.695. The third-order valence-electron chi connectivity index (χ3n) is 5.00. The molecule has 6 nitrogen and oxygen atoms in total. The molecule has 0 unspecified atom stereocenters. The number of thiazole rings is 1. The lowest BCUT2D eigenvalue weighted by Crippen LogP contribution is -3.10. The summed E-state index contributed by atoms with van der Waals surface area (Å²) in [4.78, 5) is 7.74. The Morgan fingerprint density at radius 3 is 2.58 bits per heavy atom. The predicted molar refractivity (Wildman–Crippen MR) is 101 cm³/mol. The van der Waals surface area contributed by atoms with E-state index in [1.165, 1.54) is 23.3 Å². The average molecular weight is 374 g/mol. The molecule has 2 aromatic heterocycles. The normalized spacial score (nSPS) is 16.4. The fourth-order valence-corrected chi connectivity index (χ4v) is 4.90. The average Bonchev–Trinajstić information content (AvgIpc) is 3.37. The molecular formula is C19H25N4O2S+. The van der Waals surface area contributed by atoms with Crippen molar-refractivity contribution in [2.24, 2.45) is 0 Å². The molecule has 0 saturated carbocycles. The molecule has 0 bridgehead atoms. The number of aromatic nitrogens is 3. The molecule has 7 heteroatoms. The van der Waals surface area contributed by atoms with Crippen molar-refractivity contribution >= 4 is 16.3 Å². The van der Waals surface area contributed by atoms with Gasteiger partial charge in [0.1, 0.15) is 10.6 Å². The molecule has 3 aromatic rings. The van der Waals surface area contributed by atoms with E-state index in [0.29, 0.717) is 6.61 Å². The zero-order valence-electron chi connectivity index (χ0n) is 15.2. The van der Waals surface area contributed by atoms with Crippen LogP contribution < -0.4 is 9.64 Å². The first-order valence-corrected chi connectivity index (χ1v) is 10.2. The van der Waals surface area contributed by atoms with Crippen molar-refractivity contribution < 1.29 is 14.7 Å². The van der Waals surface area contributed by atoms with Crippen molar-refractivity contribution in [1.82, 2.24) is 14.6 Å². The second-order valence-electron chi connectivity index (χ2n) is 6.67. The molecule has 4 rings (SSSR count). The van der Waals surface area contributed by atoms with Crippen molar-refractivity contribution in [2.45, 2.75) is 39.2 Å². The number of fused-ring (bicyclic) bond motifs is 1. The van der Waals surface area contributed by atoms with Crippen LogP contribution in [0.5, 0.6) is 11.6 Å². The van der Waals surface area contributed by atoms with Crippen molar-refractivity contribution in [3.63, 3.8) is 0 Å². The lowest BCUT2D eigenvalue weighted by molar-refractivity contribution is -0.913. The molecule has 2 N–H and O–H groups in total. The molecule has 0 aliphatic carbocycles. The summed E-state index contributed by atoms with van der Waals surface area (Å²) in [5.41, 5.74) is 1.20. The van der Waals surface area contributed by atoms with E-state index in [0.717, 1.165) is 40.9 Å². The van der Waals surface area contributed by atoms with Crippen LogP contribution >= 0.6 is 11.3 Å². The van der Waals surface area contributed by atoms with Crippen LogP contribution in [0.4, 0.5) is 0 Å². The molecule has 1 atom stereocenters. The predicted octanol–water partition coefficient (Wildman–Crippen LogP) is 2.23. The number of nitrogens with one attached hydrogen (secondary N) is 1. The topological polar surface area (TPSA) is 64.1 Å². The van der Waals surface area contributed by atoms with Crippen LogP contribution in [0.3, 0.4) is 0 Å². The smallest absolute Gasteiger partial charge is 0.235 e. The molecule has 1 aliphatic heterocycles. The summed E-state index contributed by atoms with van der Waals surface area (Å²) in [6.07, 6.45) is 3.22. The summed E-state index contributed by atoms with van der Waals surface area (Å²) >= 11 is 1.55. The molecule has 3 heterocycles. The summed E-state index contributed by atoms with van der Waals surface area (Å²) in [6.45, 7) is 6.90. The van der Waals surface area contributed by atoms with Gasteiger partial charge in [-0.15, -0.1) is 5.10 Å². The van der Waals surface area contributed by atoms with Gasteiger partial charge in [0.25, 0.3) is 0 Å². The fraction of sp³-hybridized carbons (Fsp3) is 0.474. The van der Waals surface area contributed by atoms with Crippen LogP contribution in [0.25, 0.3) is 4.96 Å². The van der Waals surface area contributed by atoms with Gasteiger partial charge in [-0.2, -0.15) is 4.52 Å². The van der Waals surface area contributed by atoms with Gasteiger partial charge in [-0.25, -0.2) is 4.98 Å². The third kappa shape index (κ3) is 3.05. The van der Waals surface area contributed by atoms with Crippen LogP contribution in [0.15, 0.2) is 24.3 Å². The Balaban J connectivity index is 1.75. The Kier molecular flexibility index (Phi) is 4.82. The van der Waals surface area contributed by atoms with Gasteiger partial charge in [-0.3, -0.25) is 0 Å². The maximum absolute atomic E-state index is 10.9. The maximum Gasteiger partial charge on any atom is 0.235 e. The van der Waals surface area contributed by atoms with Gasteiger partial charge in [0.2, 0.25) is 10.8 Å². The highest BCUT2D eigenvalue weighted by Gasteiger charge is 2.34. The number of likely N-dealkylation sites (tertiary alicyclic amines) is 1. The first-order chi connectivity index (χ1) is 12.7. The number of nitrogens with zero attached hydrogens (tertiary/aromatic N) is 3. The zero-order chi connectivity index (χ0) is 18.1. The molecule has 0 spiro atoms. The number of aromatic hydroxyl groups is 1. The molecule has 1 saturated heterocycles. The highest BCUT2D eigenvalue weighted by Crippen LogP contribution is 2.35. The molecule has 0 amide bonds.